The molecule has 10 heteroatoms. The predicted octanol–water partition coefficient (Wildman–Crippen LogP) is 4.01. The van der Waals surface area contributed by atoms with E-state index in [0.29, 0.717) is 36.3 Å². The predicted molar refractivity (Wildman–Crippen MR) is 130 cm³/mol. The van der Waals surface area contributed by atoms with Crippen molar-refractivity contribution in [3.8, 4) is 0 Å². The first-order chi connectivity index (χ1) is 16.7. The molecule has 2 aromatic heterocycles. The fourth-order valence-electron chi connectivity index (χ4n) is 5.21. The Bertz CT molecular complexity index is 1070. The van der Waals surface area contributed by atoms with Crippen LogP contribution in [0.2, 0.25) is 0 Å². The van der Waals surface area contributed by atoms with Crippen LogP contribution in [-0.4, -0.2) is 57.0 Å². The van der Waals surface area contributed by atoms with Crippen molar-refractivity contribution < 1.29 is 13.6 Å². The van der Waals surface area contributed by atoms with Gasteiger partial charge in [-0.1, -0.05) is 0 Å². The topological polar surface area (TPSA) is 88.0 Å². The summed E-state index contributed by atoms with van der Waals surface area (Å²) in [4.78, 5) is 27.5. The second-order valence-corrected chi connectivity index (χ2v) is 11.1. The summed E-state index contributed by atoms with van der Waals surface area (Å²) in [5, 5.41) is 6.21. The minimum atomic E-state index is -2.64. The van der Waals surface area contributed by atoms with Gasteiger partial charge < -0.3 is 20.1 Å². The monoisotopic (exact) mass is 487 g/mol. The summed E-state index contributed by atoms with van der Waals surface area (Å²) in [6.07, 6.45) is 4.89. The van der Waals surface area contributed by atoms with E-state index < -0.39 is 18.3 Å². The van der Waals surface area contributed by atoms with Crippen molar-refractivity contribution >= 4 is 17.5 Å². The lowest BCUT2D eigenvalue weighted by Gasteiger charge is -2.36. The zero-order valence-electron chi connectivity index (χ0n) is 20.7. The third-order valence-electron chi connectivity index (χ3n) is 7.19. The molecule has 1 saturated heterocycles. The van der Waals surface area contributed by atoms with Crippen LogP contribution in [0.5, 0.6) is 0 Å². The number of imidazole rings is 1. The Morgan fingerprint density at radius 1 is 1.14 bits per heavy atom. The van der Waals surface area contributed by atoms with Gasteiger partial charge in [0.25, 0.3) is 0 Å². The number of hydrogen-bond donors (Lipinski definition) is 2. The van der Waals surface area contributed by atoms with Crippen molar-refractivity contribution in [2.24, 2.45) is 0 Å². The second-order valence-electron chi connectivity index (χ2n) is 11.1. The van der Waals surface area contributed by atoms with E-state index in [9.17, 15) is 13.6 Å². The van der Waals surface area contributed by atoms with Crippen LogP contribution in [0.4, 0.5) is 20.4 Å². The van der Waals surface area contributed by atoms with Crippen LogP contribution in [-0.2, 0) is 11.3 Å². The van der Waals surface area contributed by atoms with Gasteiger partial charge in [-0.25, -0.2) is 23.7 Å². The fraction of sp³-hybridized carbons (Fsp3) is 0.680. The standard InChI is InChI=1S/C25H35F2N7O/c1-25(2,3)30-8-11-34-13-18(15-4-5-15)31-23(34)16-6-9-33(10-7-16)24-20-17(21(26)27)12-19(35)32-22(20)28-14-29-24/h13-17,21,30H,4-12H2,1-3H3,(H,28,29,32,35)/t17-/m1/s1. The van der Waals surface area contributed by atoms with Crippen molar-refractivity contribution in [2.45, 2.75) is 89.1 Å². The van der Waals surface area contributed by atoms with E-state index in [1.165, 1.54) is 24.9 Å². The van der Waals surface area contributed by atoms with Crippen LogP contribution < -0.4 is 15.5 Å². The van der Waals surface area contributed by atoms with Crippen molar-refractivity contribution in [2.75, 3.05) is 29.9 Å². The zero-order chi connectivity index (χ0) is 24.7. The van der Waals surface area contributed by atoms with Gasteiger partial charge in [0.1, 0.15) is 23.8 Å². The van der Waals surface area contributed by atoms with Gasteiger partial charge >= 0.3 is 0 Å². The fourth-order valence-corrected chi connectivity index (χ4v) is 5.21. The molecule has 0 spiro atoms. The molecule has 2 N–H and O–H groups in total. The molecule has 1 amide bonds. The molecule has 2 aliphatic heterocycles. The molecular formula is C25H35F2N7O. The molecule has 0 bridgehead atoms. The van der Waals surface area contributed by atoms with Crippen LogP contribution in [0.25, 0.3) is 0 Å². The first-order valence-corrected chi connectivity index (χ1v) is 12.7. The molecule has 3 aliphatic rings. The Kier molecular flexibility index (Phi) is 6.50. The van der Waals surface area contributed by atoms with E-state index in [0.717, 1.165) is 31.8 Å². The number of carbonyl (C=O) groups excluding carboxylic acids is 1. The van der Waals surface area contributed by atoms with Crippen LogP contribution in [0, 0.1) is 0 Å². The van der Waals surface area contributed by atoms with Crippen molar-refractivity contribution in [3.63, 3.8) is 0 Å². The maximum atomic E-state index is 13.8. The summed E-state index contributed by atoms with van der Waals surface area (Å²) in [5.74, 6) is 1.19. The van der Waals surface area contributed by atoms with Gasteiger partial charge in [0, 0.05) is 61.7 Å². The smallest absolute Gasteiger partial charge is 0.246 e. The highest BCUT2D eigenvalue weighted by atomic mass is 19.3. The Morgan fingerprint density at radius 2 is 1.89 bits per heavy atom. The number of nitrogens with zero attached hydrogens (tertiary/aromatic N) is 5. The Labute approximate surface area is 204 Å². The highest BCUT2D eigenvalue weighted by Crippen LogP contribution is 2.43. The SMILES string of the molecule is CC(C)(C)NCCn1cc(C2CC2)nc1C1CCN(c2ncnc3c2[C@H](C(F)F)CC(=O)N3)CC1. The lowest BCUT2D eigenvalue weighted by Crippen LogP contribution is -2.38. The highest BCUT2D eigenvalue weighted by molar-refractivity contribution is 5.94. The van der Waals surface area contributed by atoms with Crippen molar-refractivity contribution in [1.82, 2.24) is 24.8 Å². The van der Waals surface area contributed by atoms with Crippen LogP contribution >= 0.6 is 0 Å². The van der Waals surface area contributed by atoms with Gasteiger partial charge in [-0.05, 0) is 46.5 Å². The number of rotatable bonds is 7. The number of carbonyl (C=O) groups is 1. The molecule has 1 saturated carbocycles. The third kappa shape index (κ3) is 5.32. The normalized spacial score (nSPS) is 21.4. The van der Waals surface area contributed by atoms with Gasteiger partial charge in [0.05, 0.1) is 11.6 Å². The van der Waals surface area contributed by atoms with E-state index in [-0.39, 0.29) is 17.8 Å². The number of alkyl halides is 2. The number of hydrogen-bond acceptors (Lipinski definition) is 6. The van der Waals surface area contributed by atoms with E-state index >= 15 is 0 Å². The molecule has 0 aromatic carbocycles. The van der Waals surface area contributed by atoms with Crippen LogP contribution in [0.15, 0.2) is 12.5 Å². The van der Waals surface area contributed by atoms with E-state index in [2.05, 4.69) is 57.0 Å². The minimum Gasteiger partial charge on any atom is -0.356 e. The second kappa shape index (κ2) is 9.44. The number of nitrogens with one attached hydrogen (secondary N) is 2. The molecule has 2 aromatic rings. The van der Waals surface area contributed by atoms with Gasteiger partial charge in [-0.15, -0.1) is 0 Å². The summed E-state index contributed by atoms with van der Waals surface area (Å²) in [7, 11) is 0. The maximum absolute atomic E-state index is 13.8. The maximum Gasteiger partial charge on any atom is 0.246 e. The number of aromatic nitrogens is 4. The number of amides is 1. The molecule has 4 heterocycles. The van der Waals surface area contributed by atoms with Gasteiger partial charge in [0.2, 0.25) is 12.3 Å². The van der Waals surface area contributed by atoms with Crippen molar-refractivity contribution in [3.05, 3.63) is 29.6 Å². The van der Waals surface area contributed by atoms with Crippen molar-refractivity contribution in [1.29, 1.82) is 0 Å². The highest BCUT2D eigenvalue weighted by Gasteiger charge is 2.38. The number of anilines is 2. The third-order valence-corrected chi connectivity index (χ3v) is 7.19. The number of fused-ring (bicyclic) bond motifs is 1. The number of piperidine rings is 1. The minimum absolute atomic E-state index is 0.0671. The van der Waals surface area contributed by atoms with Crippen LogP contribution in [0.1, 0.15) is 87.7 Å². The Hall–Kier alpha value is -2.62. The van der Waals surface area contributed by atoms with E-state index in [1.807, 2.05) is 0 Å². The largest absolute Gasteiger partial charge is 0.356 e. The summed E-state index contributed by atoms with van der Waals surface area (Å²) >= 11 is 0. The molecule has 1 atom stereocenters. The van der Waals surface area contributed by atoms with E-state index in [4.69, 9.17) is 4.98 Å². The summed E-state index contributed by atoms with van der Waals surface area (Å²) in [5.41, 5.74) is 1.64. The lowest BCUT2D eigenvalue weighted by atomic mass is 9.91. The molecule has 35 heavy (non-hydrogen) atoms. The molecule has 1 aliphatic carbocycles. The molecule has 0 unspecified atom stereocenters. The first kappa shape index (κ1) is 24.1. The van der Waals surface area contributed by atoms with E-state index in [1.54, 1.807) is 0 Å². The number of halogens is 2. The average Bonchev–Trinajstić information content (AvgIpc) is 3.57. The zero-order valence-corrected chi connectivity index (χ0v) is 20.7. The molecular weight excluding hydrogens is 452 g/mol. The Morgan fingerprint density at radius 3 is 2.54 bits per heavy atom. The average molecular weight is 488 g/mol. The summed E-state index contributed by atoms with van der Waals surface area (Å²) in [6.45, 7) is 9.66. The quantitative estimate of drug-likeness (QED) is 0.614. The molecule has 8 nitrogen and oxygen atoms in total. The van der Waals surface area contributed by atoms with Gasteiger partial charge in [-0.2, -0.15) is 0 Å². The van der Waals surface area contributed by atoms with Gasteiger partial charge in [0.15, 0.2) is 0 Å². The summed E-state index contributed by atoms with van der Waals surface area (Å²) < 4.78 is 30.0. The Balaban J connectivity index is 1.32. The van der Waals surface area contributed by atoms with Gasteiger partial charge in [-0.3, -0.25) is 4.79 Å². The summed E-state index contributed by atoms with van der Waals surface area (Å²) in [6, 6.07) is 0. The molecule has 5 rings (SSSR count). The molecule has 190 valence electrons. The lowest BCUT2D eigenvalue weighted by molar-refractivity contribution is -0.117. The molecule has 2 fully saturated rings. The molecule has 0 radical (unpaired) electrons. The van der Waals surface area contributed by atoms with Crippen LogP contribution in [0.3, 0.4) is 0 Å². The first-order valence-electron chi connectivity index (χ1n) is 12.7.